The fourth-order valence-corrected chi connectivity index (χ4v) is 2.63. The lowest BCUT2D eigenvalue weighted by atomic mass is 10.2. The molecule has 0 aromatic heterocycles. The van der Waals surface area contributed by atoms with Crippen molar-refractivity contribution < 1.29 is 9.47 Å². The van der Waals surface area contributed by atoms with E-state index in [2.05, 4.69) is 5.32 Å². The molecule has 0 amide bonds. The van der Waals surface area contributed by atoms with Crippen LogP contribution in [0.25, 0.3) is 0 Å². The van der Waals surface area contributed by atoms with Gasteiger partial charge in [0.1, 0.15) is 12.4 Å². The summed E-state index contributed by atoms with van der Waals surface area (Å²) in [7, 11) is 0. The largest absolute Gasteiger partial charge is 0.489 e. The predicted octanol–water partition coefficient (Wildman–Crippen LogP) is 5.48. The third kappa shape index (κ3) is 7.66. The van der Waals surface area contributed by atoms with Gasteiger partial charge in [-0.25, -0.2) is 0 Å². The molecular formula is C20H25Cl2NO2. The highest BCUT2D eigenvalue weighted by atomic mass is 35.5. The second kappa shape index (κ2) is 10.7. The van der Waals surface area contributed by atoms with Crippen LogP contribution in [-0.4, -0.2) is 19.3 Å². The maximum Gasteiger partial charge on any atom is 0.124 e. The molecule has 3 nitrogen and oxygen atoms in total. The van der Waals surface area contributed by atoms with Crippen LogP contribution in [-0.2, 0) is 17.9 Å². The Bertz CT molecular complexity index is 645. The van der Waals surface area contributed by atoms with Crippen LogP contribution < -0.4 is 10.1 Å². The molecule has 0 fully saturated rings. The smallest absolute Gasteiger partial charge is 0.124 e. The van der Waals surface area contributed by atoms with Crippen molar-refractivity contribution in [1.29, 1.82) is 0 Å². The zero-order valence-electron chi connectivity index (χ0n) is 14.7. The first kappa shape index (κ1) is 20.1. The molecule has 0 aliphatic heterocycles. The highest BCUT2D eigenvalue weighted by Gasteiger charge is 2.06. The van der Waals surface area contributed by atoms with Crippen LogP contribution in [0.4, 0.5) is 0 Å². The SMILES string of the molecule is CC(C)OCCCNCc1cc(Cl)ccc1OCc1ccc(Cl)cc1. The molecule has 0 saturated heterocycles. The molecule has 2 rings (SSSR count). The van der Waals surface area contributed by atoms with Gasteiger partial charge in [-0.3, -0.25) is 0 Å². The van der Waals surface area contributed by atoms with Crippen LogP contribution in [0.3, 0.4) is 0 Å². The van der Waals surface area contributed by atoms with E-state index in [1.165, 1.54) is 0 Å². The summed E-state index contributed by atoms with van der Waals surface area (Å²) >= 11 is 12.0. The first-order chi connectivity index (χ1) is 12.0. The third-order valence-electron chi connectivity index (χ3n) is 3.59. The molecule has 0 atom stereocenters. The number of ether oxygens (including phenoxy) is 2. The zero-order chi connectivity index (χ0) is 18.1. The standard InChI is InChI=1S/C20H25Cl2NO2/c1-15(2)24-11-3-10-23-13-17-12-19(22)8-9-20(17)25-14-16-4-6-18(21)7-5-16/h4-9,12,15,23H,3,10-11,13-14H2,1-2H3. The molecule has 0 aliphatic carbocycles. The highest BCUT2D eigenvalue weighted by molar-refractivity contribution is 6.30. The van der Waals surface area contributed by atoms with E-state index in [1.807, 2.05) is 56.3 Å². The van der Waals surface area contributed by atoms with Gasteiger partial charge in [-0.2, -0.15) is 0 Å². The van der Waals surface area contributed by atoms with E-state index < -0.39 is 0 Å². The van der Waals surface area contributed by atoms with E-state index in [0.29, 0.717) is 18.2 Å². The highest BCUT2D eigenvalue weighted by Crippen LogP contribution is 2.24. The van der Waals surface area contributed by atoms with Crippen LogP contribution >= 0.6 is 23.2 Å². The van der Waals surface area contributed by atoms with E-state index in [0.717, 1.165) is 41.5 Å². The molecule has 0 heterocycles. The molecule has 0 radical (unpaired) electrons. The van der Waals surface area contributed by atoms with E-state index in [-0.39, 0.29) is 6.10 Å². The monoisotopic (exact) mass is 381 g/mol. The Morgan fingerprint density at radius 3 is 2.44 bits per heavy atom. The quantitative estimate of drug-likeness (QED) is 0.552. The van der Waals surface area contributed by atoms with Gasteiger partial charge in [0.15, 0.2) is 0 Å². The molecule has 0 saturated carbocycles. The summed E-state index contributed by atoms with van der Waals surface area (Å²) < 4.78 is 11.5. The lowest BCUT2D eigenvalue weighted by Gasteiger charge is -2.13. The predicted molar refractivity (Wildman–Crippen MR) is 105 cm³/mol. The first-order valence-corrected chi connectivity index (χ1v) is 9.28. The molecule has 0 unspecified atom stereocenters. The Labute approximate surface area is 160 Å². The molecule has 136 valence electrons. The summed E-state index contributed by atoms with van der Waals surface area (Å²) in [5.41, 5.74) is 2.12. The summed E-state index contributed by atoms with van der Waals surface area (Å²) in [5.74, 6) is 0.838. The van der Waals surface area contributed by atoms with Gasteiger partial charge in [0, 0.05) is 28.8 Å². The number of hydrogen-bond acceptors (Lipinski definition) is 3. The molecule has 0 spiro atoms. The van der Waals surface area contributed by atoms with Gasteiger partial charge in [-0.1, -0.05) is 35.3 Å². The van der Waals surface area contributed by atoms with Crippen molar-refractivity contribution in [3.05, 3.63) is 63.6 Å². The van der Waals surface area contributed by atoms with Gasteiger partial charge < -0.3 is 14.8 Å². The number of nitrogens with one attached hydrogen (secondary N) is 1. The molecule has 0 bridgehead atoms. The van der Waals surface area contributed by atoms with Crippen molar-refractivity contribution in [2.45, 2.75) is 39.5 Å². The Balaban J connectivity index is 1.85. The van der Waals surface area contributed by atoms with Crippen LogP contribution in [0.1, 0.15) is 31.4 Å². The van der Waals surface area contributed by atoms with Crippen molar-refractivity contribution in [3.63, 3.8) is 0 Å². The van der Waals surface area contributed by atoms with Crippen molar-refractivity contribution >= 4 is 23.2 Å². The normalized spacial score (nSPS) is 11.1. The second-order valence-corrected chi connectivity index (χ2v) is 6.99. The average Bonchev–Trinajstić information content (AvgIpc) is 2.58. The number of hydrogen-bond donors (Lipinski definition) is 1. The summed E-state index contributed by atoms with van der Waals surface area (Å²) in [6.45, 7) is 6.94. The van der Waals surface area contributed by atoms with Crippen LogP contribution in [0.5, 0.6) is 5.75 Å². The van der Waals surface area contributed by atoms with Crippen molar-refractivity contribution in [2.75, 3.05) is 13.2 Å². The molecule has 5 heteroatoms. The van der Waals surface area contributed by atoms with Gasteiger partial charge in [0.05, 0.1) is 6.10 Å². The summed E-state index contributed by atoms with van der Waals surface area (Å²) in [5, 5.41) is 4.84. The first-order valence-electron chi connectivity index (χ1n) is 8.52. The Hall–Kier alpha value is -1.26. The molecular weight excluding hydrogens is 357 g/mol. The van der Waals surface area contributed by atoms with E-state index in [1.54, 1.807) is 0 Å². The fraction of sp³-hybridized carbons (Fsp3) is 0.400. The maximum atomic E-state index is 6.13. The summed E-state index contributed by atoms with van der Waals surface area (Å²) in [6.07, 6.45) is 1.25. The summed E-state index contributed by atoms with van der Waals surface area (Å²) in [4.78, 5) is 0. The fourth-order valence-electron chi connectivity index (χ4n) is 2.31. The van der Waals surface area contributed by atoms with Gasteiger partial charge in [0.2, 0.25) is 0 Å². The second-order valence-electron chi connectivity index (χ2n) is 6.12. The number of benzene rings is 2. The lowest BCUT2D eigenvalue weighted by Crippen LogP contribution is -2.18. The minimum atomic E-state index is 0.279. The van der Waals surface area contributed by atoms with Gasteiger partial charge in [-0.05, 0) is 62.7 Å². The van der Waals surface area contributed by atoms with E-state index in [4.69, 9.17) is 32.7 Å². The minimum absolute atomic E-state index is 0.279. The topological polar surface area (TPSA) is 30.5 Å². The summed E-state index contributed by atoms with van der Waals surface area (Å²) in [6, 6.07) is 13.4. The van der Waals surface area contributed by atoms with Crippen molar-refractivity contribution in [3.8, 4) is 5.75 Å². The van der Waals surface area contributed by atoms with Gasteiger partial charge in [-0.15, -0.1) is 0 Å². The molecule has 0 aliphatic rings. The molecule has 1 N–H and O–H groups in total. The number of rotatable bonds is 10. The zero-order valence-corrected chi connectivity index (χ0v) is 16.2. The molecule has 2 aromatic carbocycles. The third-order valence-corrected chi connectivity index (χ3v) is 4.08. The Kier molecular flexibility index (Phi) is 8.56. The minimum Gasteiger partial charge on any atom is -0.489 e. The maximum absolute atomic E-state index is 6.13. The van der Waals surface area contributed by atoms with Crippen LogP contribution in [0.15, 0.2) is 42.5 Å². The molecule has 2 aromatic rings. The van der Waals surface area contributed by atoms with Crippen LogP contribution in [0.2, 0.25) is 10.0 Å². The van der Waals surface area contributed by atoms with Crippen molar-refractivity contribution in [1.82, 2.24) is 5.32 Å². The Morgan fingerprint density at radius 1 is 1.00 bits per heavy atom. The lowest BCUT2D eigenvalue weighted by molar-refractivity contribution is 0.0770. The average molecular weight is 382 g/mol. The van der Waals surface area contributed by atoms with Crippen molar-refractivity contribution in [2.24, 2.45) is 0 Å². The molecule has 25 heavy (non-hydrogen) atoms. The number of halogens is 2. The van der Waals surface area contributed by atoms with Gasteiger partial charge in [0.25, 0.3) is 0 Å². The van der Waals surface area contributed by atoms with Gasteiger partial charge >= 0.3 is 0 Å². The van der Waals surface area contributed by atoms with E-state index in [9.17, 15) is 0 Å². The van der Waals surface area contributed by atoms with Crippen LogP contribution in [0, 0.1) is 0 Å². The Morgan fingerprint density at radius 2 is 1.72 bits per heavy atom. The van der Waals surface area contributed by atoms with E-state index >= 15 is 0 Å².